The van der Waals surface area contributed by atoms with Crippen LogP contribution in [0.1, 0.15) is 5.56 Å². The lowest BCUT2D eigenvalue weighted by molar-refractivity contribution is -0.384. The number of benzene rings is 3. The number of methoxy groups -OCH3 is 2. The fourth-order valence-electron chi connectivity index (χ4n) is 3.46. The minimum atomic E-state index is -0.577. The molecule has 0 aliphatic carbocycles. The Balaban J connectivity index is 1.57. The molecule has 1 aliphatic heterocycles. The topological polar surface area (TPSA) is 123 Å². The highest BCUT2D eigenvalue weighted by Gasteiger charge is 2.32. The smallest absolute Gasteiger partial charge is 0.283 e. The molecule has 0 aromatic heterocycles. The zero-order valence-electron chi connectivity index (χ0n) is 20.2. The van der Waals surface area contributed by atoms with Crippen LogP contribution in [0.25, 0.3) is 6.08 Å². The first-order valence-electron chi connectivity index (χ1n) is 11.1. The number of ether oxygens (including phenoxy) is 2. The van der Waals surface area contributed by atoms with Gasteiger partial charge in [-0.3, -0.25) is 24.6 Å². The number of aliphatic imine (C=N–C) groups is 1. The van der Waals surface area contributed by atoms with E-state index < -0.39 is 10.8 Å². The molecule has 3 aromatic rings. The van der Waals surface area contributed by atoms with E-state index in [1.807, 2.05) is 0 Å². The normalized spacial score (nSPS) is 13.9. The number of nitrogens with zero attached hydrogens (tertiary/aromatic N) is 3. The number of rotatable bonds is 8. The van der Waals surface area contributed by atoms with Gasteiger partial charge < -0.3 is 14.8 Å². The number of amides is 2. The molecule has 12 heteroatoms. The molecule has 0 saturated heterocycles. The lowest BCUT2D eigenvalue weighted by Crippen LogP contribution is -2.31. The quantitative estimate of drug-likeness (QED) is 0.226. The summed E-state index contributed by atoms with van der Waals surface area (Å²) in [5, 5.41) is 13.9. The van der Waals surface area contributed by atoms with E-state index in [0.717, 1.165) is 23.4 Å². The van der Waals surface area contributed by atoms with Crippen LogP contribution in [0.15, 0.2) is 77.4 Å². The molecular weight excluding hydrogens is 532 g/mol. The van der Waals surface area contributed by atoms with Gasteiger partial charge in [-0.1, -0.05) is 41.6 Å². The number of hydrogen-bond acceptors (Lipinski definition) is 8. The van der Waals surface area contributed by atoms with E-state index in [0.29, 0.717) is 22.4 Å². The van der Waals surface area contributed by atoms with Crippen molar-refractivity contribution >= 4 is 63.5 Å². The Hall–Kier alpha value is -4.35. The predicted molar refractivity (Wildman–Crippen MR) is 148 cm³/mol. The van der Waals surface area contributed by atoms with E-state index >= 15 is 0 Å². The molecule has 3 aromatic carbocycles. The number of anilines is 2. The third-order valence-electron chi connectivity index (χ3n) is 5.33. The zero-order valence-corrected chi connectivity index (χ0v) is 21.8. The van der Waals surface area contributed by atoms with Gasteiger partial charge in [-0.2, -0.15) is 0 Å². The maximum Gasteiger partial charge on any atom is 0.283 e. The molecule has 1 N–H and O–H groups in total. The van der Waals surface area contributed by atoms with Crippen molar-refractivity contribution in [1.82, 2.24) is 0 Å². The molecule has 0 fully saturated rings. The van der Waals surface area contributed by atoms with Crippen molar-refractivity contribution in [2.75, 3.05) is 30.2 Å². The molecule has 2 amide bonds. The van der Waals surface area contributed by atoms with Gasteiger partial charge in [0.15, 0.2) is 5.17 Å². The summed E-state index contributed by atoms with van der Waals surface area (Å²) in [6.45, 7) is 0. The summed E-state index contributed by atoms with van der Waals surface area (Å²) in [7, 11) is 3.09. The summed E-state index contributed by atoms with van der Waals surface area (Å²) < 4.78 is 10.5. The Bertz CT molecular complexity index is 1460. The average molecular weight is 553 g/mol. The second kappa shape index (κ2) is 11.8. The molecule has 0 saturated carbocycles. The minimum absolute atomic E-state index is 0.0358. The van der Waals surface area contributed by atoms with Gasteiger partial charge in [0.1, 0.15) is 17.2 Å². The van der Waals surface area contributed by atoms with Gasteiger partial charge >= 0.3 is 0 Å². The molecule has 0 unspecified atom stereocenters. The Morgan fingerprint density at radius 3 is 2.50 bits per heavy atom. The van der Waals surface area contributed by atoms with E-state index in [4.69, 9.17) is 21.1 Å². The van der Waals surface area contributed by atoms with Crippen LogP contribution in [0.2, 0.25) is 5.02 Å². The molecule has 1 aliphatic rings. The maximum atomic E-state index is 13.4. The minimum Gasteiger partial charge on any atom is -0.497 e. The maximum absolute atomic E-state index is 13.4. The Kier molecular flexibility index (Phi) is 8.29. The largest absolute Gasteiger partial charge is 0.497 e. The van der Waals surface area contributed by atoms with Gasteiger partial charge in [0.2, 0.25) is 5.91 Å². The zero-order chi connectivity index (χ0) is 27.2. The SMILES string of the molecule is COc1ccc(/C=C2/N=C(SCC(=O)Nc3ccc([N+](=O)[O-])cc3Cl)N(c3cccc(OC)c3)C2=O)cc1. The first kappa shape index (κ1) is 26.7. The van der Waals surface area contributed by atoms with E-state index in [1.165, 1.54) is 24.1 Å². The summed E-state index contributed by atoms with van der Waals surface area (Å²) in [5.74, 6) is 0.337. The van der Waals surface area contributed by atoms with Gasteiger partial charge in [-0.25, -0.2) is 4.99 Å². The number of carbonyl (C=O) groups excluding carboxylic acids is 2. The van der Waals surface area contributed by atoms with Gasteiger partial charge in [0.25, 0.3) is 11.6 Å². The molecule has 1 heterocycles. The number of non-ortho nitro benzene ring substituents is 1. The summed E-state index contributed by atoms with van der Waals surface area (Å²) in [6, 6.07) is 17.9. The molecule has 10 nitrogen and oxygen atoms in total. The Morgan fingerprint density at radius 1 is 1.11 bits per heavy atom. The van der Waals surface area contributed by atoms with Crippen LogP contribution in [-0.4, -0.2) is 41.9 Å². The van der Waals surface area contributed by atoms with E-state index in [2.05, 4.69) is 10.3 Å². The number of nitro benzene ring substituents is 1. The fourth-order valence-corrected chi connectivity index (χ4v) is 4.50. The van der Waals surface area contributed by atoms with Crippen molar-refractivity contribution in [3.8, 4) is 11.5 Å². The molecular formula is C26H21ClN4O6S. The van der Waals surface area contributed by atoms with Crippen LogP contribution in [0.4, 0.5) is 17.1 Å². The van der Waals surface area contributed by atoms with E-state index in [-0.39, 0.29) is 33.8 Å². The Morgan fingerprint density at radius 2 is 1.84 bits per heavy atom. The highest BCUT2D eigenvalue weighted by atomic mass is 35.5. The number of amidine groups is 1. The predicted octanol–water partition coefficient (Wildman–Crippen LogP) is 5.38. The van der Waals surface area contributed by atoms with Crippen LogP contribution in [0, 0.1) is 10.1 Å². The highest BCUT2D eigenvalue weighted by Crippen LogP contribution is 2.32. The molecule has 38 heavy (non-hydrogen) atoms. The first-order valence-corrected chi connectivity index (χ1v) is 12.4. The van der Waals surface area contributed by atoms with Crippen LogP contribution >= 0.6 is 23.4 Å². The lowest BCUT2D eigenvalue weighted by Gasteiger charge is -2.18. The molecule has 0 atom stereocenters. The number of thioether (sulfide) groups is 1. The van der Waals surface area contributed by atoms with Gasteiger partial charge in [0, 0.05) is 18.2 Å². The fraction of sp³-hybridized carbons (Fsp3) is 0.115. The van der Waals surface area contributed by atoms with Crippen molar-refractivity contribution in [3.63, 3.8) is 0 Å². The third kappa shape index (κ3) is 6.13. The summed E-state index contributed by atoms with van der Waals surface area (Å²) in [4.78, 5) is 42.3. The summed E-state index contributed by atoms with van der Waals surface area (Å²) in [5.41, 5.74) is 1.51. The molecule has 194 valence electrons. The van der Waals surface area contributed by atoms with E-state index in [9.17, 15) is 19.7 Å². The number of nitrogens with one attached hydrogen (secondary N) is 1. The van der Waals surface area contributed by atoms with Crippen LogP contribution in [0.3, 0.4) is 0 Å². The van der Waals surface area contributed by atoms with Crippen molar-refractivity contribution in [1.29, 1.82) is 0 Å². The van der Waals surface area contributed by atoms with Crippen LogP contribution < -0.4 is 19.7 Å². The number of carbonyl (C=O) groups is 2. The number of hydrogen-bond donors (Lipinski definition) is 1. The summed E-state index contributed by atoms with van der Waals surface area (Å²) >= 11 is 7.14. The van der Waals surface area contributed by atoms with Crippen LogP contribution in [-0.2, 0) is 9.59 Å². The van der Waals surface area contributed by atoms with Gasteiger partial charge in [-0.05, 0) is 42.0 Å². The molecule has 0 radical (unpaired) electrons. The lowest BCUT2D eigenvalue weighted by atomic mass is 10.2. The second-order valence-electron chi connectivity index (χ2n) is 7.80. The van der Waals surface area contributed by atoms with Crippen molar-refractivity contribution in [3.05, 3.63) is 93.1 Å². The van der Waals surface area contributed by atoms with Crippen molar-refractivity contribution < 1.29 is 24.0 Å². The van der Waals surface area contributed by atoms with E-state index in [1.54, 1.807) is 61.7 Å². The van der Waals surface area contributed by atoms with Crippen LogP contribution in [0.5, 0.6) is 11.5 Å². The first-order chi connectivity index (χ1) is 18.3. The third-order valence-corrected chi connectivity index (χ3v) is 6.58. The standard InChI is InChI=1S/C26H21ClN4O6S/c1-36-19-9-6-16(7-10-19)12-23-25(33)30(17-4-3-5-20(13-17)37-2)26(29-23)38-15-24(32)28-22-11-8-18(31(34)35)14-21(22)27/h3-14H,15H2,1-2H3,(H,28,32)/b23-12+. The second-order valence-corrected chi connectivity index (χ2v) is 9.15. The number of halogens is 1. The molecule has 0 bridgehead atoms. The van der Waals surface area contributed by atoms with Gasteiger partial charge in [-0.15, -0.1) is 0 Å². The van der Waals surface area contributed by atoms with Gasteiger partial charge in [0.05, 0.1) is 41.3 Å². The Labute approximate surface area is 227 Å². The molecule has 4 rings (SSSR count). The summed E-state index contributed by atoms with van der Waals surface area (Å²) in [6.07, 6.45) is 1.65. The van der Waals surface area contributed by atoms with Crippen molar-refractivity contribution in [2.24, 2.45) is 4.99 Å². The number of nitro groups is 1. The molecule has 0 spiro atoms. The van der Waals surface area contributed by atoms with Crippen molar-refractivity contribution in [2.45, 2.75) is 0 Å². The average Bonchev–Trinajstić information content (AvgIpc) is 3.23. The monoisotopic (exact) mass is 552 g/mol. The highest BCUT2D eigenvalue weighted by molar-refractivity contribution is 8.14.